The molecule has 0 spiro atoms. The molecule has 1 amide bonds. The van der Waals surface area contributed by atoms with Crippen LogP contribution in [0.2, 0.25) is 10.0 Å². The summed E-state index contributed by atoms with van der Waals surface area (Å²) in [7, 11) is -0.650. The molecule has 2 aromatic rings. The van der Waals surface area contributed by atoms with Crippen molar-refractivity contribution >= 4 is 44.8 Å². The van der Waals surface area contributed by atoms with Gasteiger partial charge in [0.1, 0.15) is 5.75 Å². The molecule has 2 rings (SSSR count). The van der Waals surface area contributed by atoms with Gasteiger partial charge in [0.15, 0.2) is 0 Å². The molecule has 9 heteroatoms. The Hall–Kier alpha value is -1.80. The number of anilines is 1. The summed E-state index contributed by atoms with van der Waals surface area (Å²) >= 11 is 11.8. The number of rotatable bonds is 8. The minimum absolute atomic E-state index is 0.117. The minimum Gasteiger partial charge on any atom is -0.492 e. The summed E-state index contributed by atoms with van der Waals surface area (Å²) in [5.74, 6) is 0.267. The van der Waals surface area contributed by atoms with Gasteiger partial charge < -0.3 is 10.1 Å². The number of halogens is 2. The van der Waals surface area contributed by atoms with Crippen molar-refractivity contribution in [1.29, 1.82) is 0 Å². The molecule has 6 nitrogen and oxygen atoms in total. The molecule has 146 valence electrons. The molecule has 0 unspecified atom stereocenters. The Morgan fingerprint density at radius 1 is 1.15 bits per heavy atom. The lowest BCUT2D eigenvalue weighted by atomic mass is 10.2. The van der Waals surface area contributed by atoms with Crippen LogP contribution in [0.1, 0.15) is 12.8 Å². The van der Waals surface area contributed by atoms with E-state index in [2.05, 4.69) is 5.32 Å². The molecule has 0 radical (unpaired) electrons. The van der Waals surface area contributed by atoms with Crippen molar-refractivity contribution in [2.75, 3.05) is 26.0 Å². The first-order valence-electron chi connectivity index (χ1n) is 8.10. The van der Waals surface area contributed by atoms with E-state index in [-0.39, 0.29) is 17.2 Å². The third-order valence-corrected chi connectivity index (χ3v) is 5.94. The van der Waals surface area contributed by atoms with E-state index in [0.29, 0.717) is 34.5 Å². The lowest BCUT2D eigenvalue weighted by Crippen LogP contribution is -2.22. The van der Waals surface area contributed by atoms with Crippen LogP contribution in [0, 0.1) is 0 Å². The van der Waals surface area contributed by atoms with Gasteiger partial charge in [-0.25, -0.2) is 12.7 Å². The van der Waals surface area contributed by atoms with E-state index < -0.39 is 10.0 Å². The molecule has 1 N–H and O–H groups in total. The van der Waals surface area contributed by atoms with Crippen LogP contribution < -0.4 is 10.1 Å². The smallest absolute Gasteiger partial charge is 0.242 e. The summed E-state index contributed by atoms with van der Waals surface area (Å²) in [5, 5.41) is 3.62. The van der Waals surface area contributed by atoms with Gasteiger partial charge in [-0.2, -0.15) is 0 Å². The maximum Gasteiger partial charge on any atom is 0.242 e. The van der Waals surface area contributed by atoms with E-state index in [0.717, 1.165) is 4.31 Å². The predicted molar refractivity (Wildman–Crippen MR) is 107 cm³/mol. The number of carbonyl (C=O) groups is 1. The summed E-state index contributed by atoms with van der Waals surface area (Å²) in [6.07, 6.45) is 0.691. The highest BCUT2D eigenvalue weighted by Gasteiger charge is 2.17. The average molecular weight is 431 g/mol. The van der Waals surface area contributed by atoms with Crippen molar-refractivity contribution in [3.05, 3.63) is 52.5 Å². The predicted octanol–water partition coefficient (Wildman–Crippen LogP) is 4.04. The van der Waals surface area contributed by atoms with Crippen molar-refractivity contribution in [3.63, 3.8) is 0 Å². The summed E-state index contributed by atoms with van der Waals surface area (Å²) in [6.45, 7) is 0.309. The Labute approximate surface area is 169 Å². The fourth-order valence-electron chi connectivity index (χ4n) is 2.18. The molecule has 2 aromatic carbocycles. The standard InChI is InChI=1S/C18H20Cl2N2O4S/c1-22(2)27(24,25)15-6-3-5-14(12-15)21-18(23)7-4-10-26-17-9-8-13(19)11-16(17)20/h3,5-6,8-9,11-12H,4,7,10H2,1-2H3,(H,21,23). The Morgan fingerprint density at radius 2 is 1.89 bits per heavy atom. The average Bonchev–Trinajstić information content (AvgIpc) is 2.60. The molecule has 0 atom stereocenters. The molecule has 0 aromatic heterocycles. The first-order valence-corrected chi connectivity index (χ1v) is 10.3. The number of ether oxygens (including phenoxy) is 1. The van der Waals surface area contributed by atoms with E-state index in [9.17, 15) is 13.2 Å². The van der Waals surface area contributed by atoms with Gasteiger partial charge in [-0.05, 0) is 42.8 Å². The van der Waals surface area contributed by atoms with Gasteiger partial charge in [-0.1, -0.05) is 29.3 Å². The van der Waals surface area contributed by atoms with Crippen LogP contribution in [-0.2, 0) is 14.8 Å². The first kappa shape index (κ1) is 21.5. The third-order valence-electron chi connectivity index (χ3n) is 3.60. The second-order valence-corrected chi connectivity index (χ2v) is 8.89. The number of sulfonamides is 1. The van der Waals surface area contributed by atoms with Crippen molar-refractivity contribution in [2.24, 2.45) is 0 Å². The van der Waals surface area contributed by atoms with Crippen LogP contribution in [0.3, 0.4) is 0 Å². The van der Waals surface area contributed by atoms with E-state index in [4.69, 9.17) is 27.9 Å². The lowest BCUT2D eigenvalue weighted by Gasteiger charge is -2.13. The van der Waals surface area contributed by atoms with Crippen molar-refractivity contribution in [2.45, 2.75) is 17.7 Å². The van der Waals surface area contributed by atoms with Gasteiger partial charge in [0.05, 0.1) is 16.5 Å². The number of nitrogens with one attached hydrogen (secondary N) is 1. The molecule has 0 fully saturated rings. The fourth-order valence-corrected chi connectivity index (χ4v) is 3.59. The van der Waals surface area contributed by atoms with Crippen LogP contribution in [0.25, 0.3) is 0 Å². The number of benzene rings is 2. The normalized spacial score (nSPS) is 11.4. The zero-order valence-electron chi connectivity index (χ0n) is 14.9. The number of nitrogens with zero attached hydrogens (tertiary/aromatic N) is 1. The molecular weight excluding hydrogens is 411 g/mol. The van der Waals surface area contributed by atoms with Gasteiger partial charge in [-0.15, -0.1) is 0 Å². The number of carbonyl (C=O) groups excluding carboxylic acids is 1. The summed E-state index contributed by atoms with van der Waals surface area (Å²) < 4.78 is 30.9. The van der Waals surface area contributed by atoms with Gasteiger partial charge in [0.2, 0.25) is 15.9 Å². The van der Waals surface area contributed by atoms with E-state index in [1.54, 1.807) is 30.3 Å². The second kappa shape index (κ2) is 9.41. The minimum atomic E-state index is -3.55. The zero-order chi connectivity index (χ0) is 20.0. The van der Waals surface area contributed by atoms with Crippen molar-refractivity contribution < 1.29 is 17.9 Å². The number of amides is 1. The van der Waals surface area contributed by atoms with Gasteiger partial charge in [0.25, 0.3) is 0 Å². The zero-order valence-corrected chi connectivity index (χ0v) is 17.2. The second-order valence-electron chi connectivity index (χ2n) is 5.89. The van der Waals surface area contributed by atoms with Crippen LogP contribution in [0.5, 0.6) is 5.75 Å². The third kappa shape index (κ3) is 6.10. The number of hydrogen-bond donors (Lipinski definition) is 1. The monoisotopic (exact) mass is 430 g/mol. The molecule has 0 bridgehead atoms. The molecule has 0 heterocycles. The maximum absolute atomic E-state index is 12.1. The summed E-state index contributed by atoms with van der Waals surface area (Å²) in [5.41, 5.74) is 0.421. The van der Waals surface area contributed by atoms with Crippen LogP contribution in [0.4, 0.5) is 5.69 Å². The molecule has 0 saturated carbocycles. The Bertz CT molecular complexity index is 917. The Kier molecular flexibility index (Phi) is 7.49. The van der Waals surface area contributed by atoms with Crippen molar-refractivity contribution in [3.8, 4) is 5.75 Å². The SMILES string of the molecule is CN(C)S(=O)(=O)c1cccc(NC(=O)CCCOc2ccc(Cl)cc2Cl)c1. The Balaban J connectivity index is 1.86. The highest BCUT2D eigenvalue weighted by Crippen LogP contribution is 2.27. The largest absolute Gasteiger partial charge is 0.492 e. The van der Waals surface area contributed by atoms with E-state index in [1.807, 2.05) is 0 Å². The van der Waals surface area contributed by atoms with Gasteiger partial charge >= 0.3 is 0 Å². The molecule has 0 saturated heterocycles. The lowest BCUT2D eigenvalue weighted by molar-refractivity contribution is -0.116. The highest BCUT2D eigenvalue weighted by molar-refractivity contribution is 7.89. The first-order chi connectivity index (χ1) is 12.7. The number of hydrogen-bond acceptors (Lipinski definition) is 4. The fraction of sp³-hybridized carbons (Fsp3) is 0.278. The maximum atomic E-state index is 12.1. The topological polar surface area (TPSA) is 75.7 Å². The van der Waals surface area contributed by atoms with E-state index in [1.165, 1.54) is 26.2 Å². The molecule has 0 aliphatic rings. The van der Waals surface area contributed by atoms with Crippen LogP contribution in [0.15, 0.2) is 47.4 Å². The summed E-state index contributed by atoms with van der Waals surface area (Å²) in [6, 6.07) is 11.0. The van der Waals surface area contributed by atoms with Crippen molar-refractivity contribution in [1.82, 2.24) is 4.31 Å². The molecular formula is C18H20Cl2N2O4S. The van der Waals surface area contributed by atoms with E-state index >= 15 is 0 Å². The van der Waals surface area contributed by atoms with Gasteiger partial charge in [0, 0.05) is 31.2 Å². The highest BCUT2D eigenvalue weighted by atomic mass is 35.5. The molecule has 0 aliphatic carbocycles. The quantitative estimate of drug-likeness (QED) is 0.641. The Morgan fingerprint density at radius 3 is 2.56 bits per heavy atom. The molecule has 27 heavy (non-hydrogen) atoms. The molecule has 0 aliphatic heterocycles. The van der Waals surface area contributed by atoms with Gasteiger partial charge in [-0.3, -0.25) is 4.79 Å². The van der Waals surface area contributed by atoms with Crippen LogP contribution >= 0.6 is 23.2 Å². The van der Waals surface area contributed by atoms with Crippen LogP contribution in [-0.4, -0.2) is 39.3 Å². The summed E-state index contributed by atoms with van der Waals surface area (Å²) in [4.78, 5) is 12.2.